The third kappa shape index (κ3) is 6.42. The molecule has 5 nitrogen and oxygen atoms in total. The number of rotatable bonds is 8. The lowest BCUT2D eigenvalue weighted by molar-refractivity contribution is -0.122. The van der Waals surface area contributed by atoms with Gasteiger partial charge in [0.2, 0.25) is 5.91 Å². The predicted octanol–water partition coefficient (Wildman–Crippen LogP) is 5.56. The van der Waals surface area contributed by atoms with Gasteiger partial charge in [0.05, 0.1) is 4.91 Å². The first-order chi connectivity index (χ1) is 14.4. The van der Waals surface area contributed by atoms with Crippen molar-refractivity contribution >= 4 is 67.8 Å². The zero-order valence-electron chi connectivity index (χ0n) is 16.1. The molecule has 1 aliphatic heterocycles. The maximum Gasteiger partial charge on any atom is 0.266 e. The first kappa shape index (κ1) is 22.5. The first-order valence-corrected chi connectivity index (χ1v) is 11.5. The Morgan fingerprint density at radius 2 is 1.93 bits per heavy atom. The number of amides is 2. The minimum absolute atomic E-state index is 0.0601. The van der Waals surface area contributed by atoms with Crippen LogP contribution in [0.15, 0.2) is 57.9 Å². The summed E-state index contributed by atoms with van der Waals surface area (Å²) >= 11 is 10.1. The standard InChI is InChI=1S/C22H21BrN2O3S2/c23-16-6-4-5-15(13-16)14-19-21(28)25(22(29)30-19)12-3-1-2-7-20(27)24-17-8-10-18(26)11-9-17/h4-6,8-11,13-14,26H,1-3,7,12H2,(H,24,27)/b19-14-. The smallest absolute Gasteiger partial charge is 0.266 e. The van der Waals surface area contributed by atoms with Crippen molar-refractivity contribution in [2.24, 2.45) is 0 Å². The van der Waals surface area contributed by atoms with Gasteiger partial charge in [-0.1, -0.05) is 58.5 Å². The van der Waals surface area contributed by atoms with Crippen LogP contribution in [0.4, 0.5) is 5.69 Å². The molecule has 30 heavy (non-hydrogen) atoms. The van der Waals surface area contributed by atoms with E-state index in [1.807, 2.05) is 30.3 Å². The number of anilines is 1. The van der Waals surface area contributed by atoms with Gasteiger partial charge in [-0.25, -0.2) is 0 Å². The number of carbonyl (C=O) groups excluding carboxylic acids is 2. The minimum Gasteiger partial charge on any atom is -0.508 e. The number of halogens is 1. The number of hydrogen-bond donors (Lipinski definition) is 2. The average Bonchev–Trinajstić information content (AvgIpc) is 2.96. The summed E-state index contributed by atoms with van der Waals surface area (Å²) < 4.78 is 1.53. The molecule has 0 unspecified atom stereocenters. The van der Waals surface area contributed by atoms with Crippen molar-refractivity contribution in [3.8, 4) is 5.75 Å². The van der Waals surface area contributed by atoms with E-state index in [0.29, 0.717) is 27.9 Å². The van der Waals surface area contributed by atoms with Crippen molar-refractivity contribution in [2.45, 2.75) is 25.7 Å². The SMILES string of the molecule is O=C(CCCCCN1C(=O)/C(=C/c2cccc(Br)c2)SC1=S)Nc1ccc(O)cc1. The van der Waals surface area contributed by atoms with E-state index in [0.717, 1.165) is 29.3 Å². The summed E-state index contributed by atoms with van der Waals surface area (Å²) in [5.41, 5.74) is 1.61. The van der Waals surface area contributed by atoms with Gasteiger partial charge >= 0.3 is 0 Å². The Morgan fingerprint density at radius 3 is 2.67 bits per heavy atom. The molecule has 156 valence electrons. The molecule has 1 fully saturated rings. The molecule has 2 N–H and O–H groups in total. The second kappa shape index (κ2) is 10.7. The Labute approximate surface area is 193 Å². The van der Waals surface area contributed by atoms with Crippen LogP contribution >= 0.6 is 39.9 Å². The molecule has 0 bridgehead atoms. The fourth-order valence-electron chi connectivity index (χ4n) is 2.94. The molecule has 0 aromatic heterocycles. The van der Waals surface area contributed by atoms with Gasteiger partial charge in [-0.3, -0.25) is 14.5 Å². The molecule has 8 heteroatoms. The molecular weight excluding hydrogens is 484 g/mol. The van der Waals surface area contributed by atoms with E-state index >= 15 is 0 Å². The van der Waals surface area contributed by atoms with E-state index in [9.17, 15) is 14.7 Å². The number of nitrogens with zero attached hydrogens (tertiary/aromatic N) is 1. The molecule has 1 saturated heterocycles. The Kier molecular flexibility index (Phi) is 8.07. The molecule has 2 amide bonds. The van der Waals surface area contributed by atoms with E-state index in [1.165, 1.54) is 23.9 Å². The van der Waals surface area contributed by atoms with Crippen molar-refractivity contribution in [2.75, 3.05) is 11.9 Å². The van der Waals surface area contributed by atoms with E-state index in [-0.39, 0.29) is 17.6 Å². The van der Waals surface area contributed by atoms with Crippen molar-refractivity contribution in [1.29, 1.82) is 0 Å². The van der Waals surface area contributed by atoms with Crippen LogP contribution in [0.5, 0.6) is 5.75 Å². The number of phenolic OH excluding ortho intramolecular Hbond substituents is 1. The molecule has 0 atom stereocenters. The van der Waals surface area contributed by atoms with Gasteiger partial charge in [-0.15, -0.1) is 0 Å². The maximum absolute atomic E-state index is 12.7. The maximum atomic E-state index is 12.7. The number of hydrogen-bond acceptors (Lipinski definition) is 5. The van der Waals surface area contributed by atoms with Gasteiger partial charge in [0.25, 0.3) is 5.91 Å². The van der Waals surface area contributed by atoms with Gasteiger partial charge in [0.15, 0.2) is 0 Å². The highest BCUT2D eigenvalue weighted by atomic mass is 79.9. The molecule has 0 saturated carbocycles. The predicted molar refractivity (Wildman–Crippen MR) is 129 cm³/mol. The van der Waals surface area contributed by atoms with Crippen LogP contribution in [-0.2, 0) is 9.59 Å². The van der Waals surface area contributed by atoms with E-state index in [1.54, 1.807) is 17.0 Å². The van der Waals surface area contributed by atoms with Crippen molar-refractivity contribution in [3.05, 3.63) is 63.5 Å². The van der Waals surface area contributed by atoms with Gasteiger partial charge in [-0.2, -0.15) is 0 Å². The molecule has 1 heterocycles. The highest BCUT2D eigenvalue weighted by molar-refractivity contribution is 9.10. The summed E-state index contributed by atoms with van der Waals surface area (Å²) in [6.07, 6.45) is 4.60. The molecule has 3 rings (SSSR count). The van der Waals surface area contributed by atoms with Gasteiger partial charge in [-0.05, 0) is 60.9 Å². The average molecular weight is 505 g/mol. The van der Waals surface area contributed by atoms with Crippen LogP contribution in [0.1, 0.15) is 31.2 Å². The highest BCUT2D eigenvalue weighted by Crippen LogP contribution is 2.33. The summed E-state index contributed by atoms with van der Waals surface area (Å²) in [5, 5.41) is 12.1. The Balaban J connectivity index is 1.41. The largest absolute Gasteiger partial charge is 0.508 e. The fraction of sp³-hybridized carbons (Fsp3) is 0.227. The summed E-state index contributed by atoms with van der Waals surface area (Å²) in [4.78, 5) is 26.9. The van der Waals surface area contributed by atoms with Crippen LogP contribution in [0.25, 0.3) is 6.08 Å². The second-order valence-corrected chi connectivity index (χ2v) is 9.39. The van der Waals surface area contributed by atoms with Crippen LogP contribution in [0, 0.1) is 0 Å². The number of thioether (sulfide) groups is 1. The number of benzene rings is 2. The lowest BCUT2D eigenvalue weighted by Gasteiger charge is -2.14. The molecule has 2 aromatic rings. The quantitative estimate of drug-likeness (QED) is 0.213. The third-order valence-corrected chi connectivity index (χ3v) is 6.33. The lowest BCUT2D eigenvalue weighted by Crippen LogP contribution is -2.29. The number of phenols is 1. The minimum atomic E-state index is -0.0664. The molecule has 2 aromatic carbocycles. The number of carbonyl (C=O) groups is 2. The van der Waals surface area contributed by atoms with Crippen LogP contribution in [0.3, 0.4) is 0 Å². The zero-order valence-corrected chi connectivity index (χ0v) is 19.4. The van der Waals surface area contributed by atoms with Gasteiger partial charge in [0.1, 0.15) is 10.1 Å². The summed E-state index contributed by atoms with van der Waals surface area (Å²) in [6, 6.07) is 14.1. The summed E-state index contributed by atoms with van der Waals surface area (Å²) in [6.45, 7) is 0.556. The fourth-order valence-corrected chi connectivity index (χ4v) is 4.67. The first-order valence-electron chi connectivity index (χ1n) is 9.52. The highest BCUT2D eigenvalue weighted by Gasteiger charge is 2.31. The monoisotopic (exact) mass is 504 g/mol. The number of nitrogens with one attached hydrogen (secondary N) is 1. The summed E-state index contributed by atoms with van der Waals surface area (Å²) in [7, 11) is 0. The zero-order chi connectivity index (χ0) is 21.5. The second-order valence-electron chi connectivity index (χ2n) is 6.79. The van der Waals surface area contributed by atoms with Crippen LogP contribution in [0.2, 0.25) is 0 Å². The molecule has 0 radical (unpaired) electrons. The molecule has 1 aliphatic rings. The number of unbranched alkanes of at least 4 members (excludes halogenated alkanes) is 2. The van der Waals surface area contributed by atoms with Crippen molar-refractivity contribution in [3.63, 3.8) is 0 Å². The molecular formula is C22H21BrN2O3S2. The Hall–Kier alpha value is -2.16. The van der Waals surface area contributed by atoms with E-state index in [4.69, 9.17) is 12.2 Å². The number of aromatic hydroxyl groups is 1. The van der Waals surface area contributed by atoms with Crippen LogP contribution in [-0.4, -0.2) is 32.7 Å². The molecule has 0 aliphatic carbocycles. The van der Waals surface area contributed by atoms with E-state index < -0.39 is 0 Å². The molecule has 0 spiro atoms. The topological polar surface area (TPSA) is 69.6 Å². The lowest BCUT2D eigenvalue weighted by atomic mass is 10.1. The Morgan fingerprint density at radius 1 is 1.17 bits per heavy atom. The normalized spacial score (nSPS) is 15.1. The van der Waals surface area contributed by atoms with Crippen molar-refractivity contribution < 1.29 is 14.7 Å². The summed E-state index contributed by atoms with van der Waals surface area (Å²) in [5.74, 6) is 0.0356. The van der Waals surface area contributed by atoms with E-state index in [2.05, 4.69) is 21.2 Å². The van der Waals surface area contributed by atoms with Gasteiger partial charge < -0.3 is 10.4 Å². The Bertz CT molecular complexity index is 977. The van der Waals surface area contributed by atoms with Crippen LogP contribution < -0.4 is 5.32 Å². The van der Waals surface area contributed by atoms with Gasteiger partial charge in [0, 0.05) is 23.1 Å². The van der Waals surface area contributed by atoms with Crippen molar-refractivity contribution in [1.82, 2.24) is 4.90 Å². The number of thiocarbonyl (C=S) groups is 1. The third-order valence-electron chi connectivity index (χ3n) is 4.46.